The van der Waals surface area contributed by atoms with Crippen LogP contribution >= 0.6 is 0 Å². The monoisotopic (exact) mass is 496 g/mol. The fourth-order valence-corrected chi connectivity index (χ4v) is 5.92. The molecule has 0 atom stereocenters. The highest BCUT2D eigenvalue weighted by molar-refractivity contribution is 7.89. The molecule has 3 heterocycles. The number of pyridine rings is 1. The second kappa shape index (κ2) is 9.80. The maximum absolute atomic E-state index is 13.2. The SMILES string of the molecule is COc1ccc2nc(C(=O)Nc3cc(S(=O)(=O)N4CCOCC4)ccc3N3CCCC3)ccc2c1. The van der Waals surface area contributed by atoms with Crippen LogP contribution in [0.15, 0.2) is 53.4 Å². The summed E-state index contributed by atoms with van der Waals surface area (Å²) in [5.41, 5.74) is 2.18. The van der Waals surface area contributed by atoms with Crippen molar-refractivity contribution in [1.82, 2.24) is 9.29 Å². The van der Waals surface area contributed by atoms with Crippen molar-refractivity contribution < 1.29 is 22.7 Å². The summed E-state index contributed by atoms with van der Waals surface area (Å²) in [5.74, 6) is 0.314. The van der Waals surface area contributed by atoms with E-state index in [1.54, 1.807) is 43.5 Å². The van der Waals surface area contributed by atoms with Crippen molar-refractivity contribution in [1.29, 1.82) is 0 Å². The molecule has 2 fully saturated rings. The number of hydrogen-bond donors (Lipinski definition) is 1. The molecule has 1 N–H and O–H groups in total. The number of carbonyl (C=O) groups is 1. The maximum atomic E-state index is 13.2. The summed E-state index contributed by atoms with van der Waals surface area (Å²) >= 11 is 0. The van der Waals surface area contributed by atoms with E-state index in [0.717, 1.165) is 37.0 Å². The number of aromatic nitrogens is 1. The average molecular weight is 497 g/mol. The minimum Gasteiger partial charge on any atom is -0.497 e. The van der Waals surface area contributed by atoms with Gasteiger partial charge in [0.15, 0.2) is 0 Å². The Morgan fingerprint density at radius 1 is 1.00 bits per heavy atom. The molecule has 2 aliphatic heterocycles. The Morgan fingerprint density at radius 3 is 2.51 bits per heavy atom. The van der Waals surface area contributed by atoms with Gasteiger partial charge in [0.2, 0.25) is 10.0 Å². The van der Waals surface area contributed by atoms with Gasteiger partial charge in [-0.3, -0.25) is 4.79 Å². The minimum atomic E-state index is -3.70. The number of benzene rings is 2. The van der Waals surface area contributed by atoms with Crippen LogP contribution in [0.5, 0.6) is 5.75 Å². The van der Waals surface area contributed by atoms with Crippen molar-refractivity contribution in [2.75, 3.05) is 56.7 Å². The Labute approximate surface area is 204 Å². The lowest BCUT2D eigenvalue weighted by atomic mass is 10.2. The second-order valence-electron chi connectivity index (χ2n) is 8.60. The van der Waals surface area contributed by atoms with Gasteiger partial charge in [-0.1, -0.05) is 6.07 Å². The van der Waals surface area contributed by atoms with E-state index in [1.165, 1.54) is 4.31 Å². The molecule has 9 nitrogen and oxygen atoms in total. The molecule has 2 aromatic carbocycles. The van der Waals surface area contributed by atoms with Gasteiger partial charge >= 0.3 is 0 Å². The summed E-state index contributed by atoms with van der Waals surface area (Å²) in [4.78, 5) is 20.0. The lowest BCUT2D eigenvalue weighted by Crippen LogP contribution is -2.40. The molecule has 3 aromatic rings. The van der Waals surface area contributed by atoms with E-state index in [2.05, 4.69) is 15.2 Å². The largest absolute Gasteiger partial charge is 0.497 e. The van der Waals surface area contributed by atoms with Crippen LogP contribution in [-0.2, 0) is 14.8 Å². The van der Waals surface area contributed by atoms with Gasteiger partial charge in [-0.05, 0) is 55.3 Å². The Bertz CT molecular complexity index is 1350. The molecule has 2 saturated heterocycles. The highest BCUT2D eigenvalue weighted by Gasteiger charge is 2.28. The summed E-state index contributed by atoms with van der Waals surface area (Å²) in [6.45, 7) is 3.07. The third-order valence-corrected chi connectivity index (χ3v) is 8.29. The van der Waals surface area contributed by atoms with Crippen LogP contribution in [0.25, 0.3) is 10.9 Å². The first-order chi connectivity index (χ1) is 17.0. The summed E-state index contributed by atoms with van der Waals surface area (Å²) in [7, 11) is -2.11. The lowest BCUT2D eigenvalue weighted by Gasteiger charge is -2.27. The molecular formula is C25H28N4O5S. The first-order valence-corrected chi connectivity index (χ1v) is 13.1. The lowest BCUT2D eigenvalue weighted by molar-refractivity contribution is 0.0730. The van der Waals surface area contributed by atoms with Crippen LogP contribution in [0.4, 0.5) is 11.4 Å². The van der Waals surface area contributed by atoms with Crippen molar-refractivity contribution in [3.8, 4) is 5.75 Å². The van der Waals surface area contributed by atoms with Crippen LogP contribution in [0, 0.1) is 0 Å². The molecular weight excluding hydrogens is 468 g/mol. The standard InChI is InChI=1S/C25H28N4O5S/c1-33-19-5-8-21-18(16-19)4-7-22(26-21)25(30)27-23-17-20(6-9-24(23)28-10-2-3-11-28)35(31,32)29-12-14-34-15-13-29/h4-9,16-17H,2-3,10-15H2,1H3,(H,27,30). The van der Waals surface area contributed by atoms with Crippen LogP contribution in [0.1, 0.15) is 23.3 Å². The zero-order valence-electron chi connectivity index (χ0n) is 19.6. The Kier molecular flexibility index (Phi) is 6.59. The predicted molar refractivity (Wildman–Crippen MR) is 134 cm³/mol. The quantitative estimate of drug-likeness (QED) is 0.560. The fourth-order valence-electron chi connectivity index (χ4n) is 4.49. The molecule has 35 heavy (non-hydrogen) atoms. The number of sulfonamides is 1. The van der Waals surface area contributed by atoms with E-state index in [0.29, 0.717) is 43.3 Å². The molecule has 2 aliphatic rings. The van der Waals surface area contributed by atoms with Gasteiger partial charge < -0.3 is 19.7 Å². The molecule has 0 spiro atoms. The van der Waals surface area contributed by atoms with Crippen molar-refractivity contribution in [3.63, 3.8) is 0 Å². The normalized spacial score (nSPS) is 17.0. The zero-order chi connectivity index (χ0) is 24.4. The van der Waals surface area contributed by atoms with Crippen LogP contribution in [0.2, 0.25) is 0 Å². The second-order valence-corrected chi connectivity index (χ2v) is 10.5. The van der Waals surface area contributed by atoms with E-state index in [1.807, 2.05) is 12.1 Å². The van der Waals surface area contributed by atoms with E-state index in [-0.39, 0.29) is 10.6 Å². The number of ether oxygens (including phenoxy) is 2. The van der Waals surface area contributed by atoms with Gasteiger partial charge in [0.1, 0.15) is 11.4 Å². The van der Waals surface area contributed by atoms with Gasteiger partial charge in [0, 0.05) is 31.6 Å². The molecule has 184 valence electrons. The van der Waals surface area contributed by atoms with Crippen molar-refractivity contribution >= 4 is 38.2 Å². The summed E-state index contributed by atoms with van der Waals surface area (Å²) in [6, 6.07) is 13.9. The highest BCUT2D eigenvalue weighted by Crippen LogP contribution is 2.33. The smallest absolute Gasteiger partial charge is 0.274 e. The molecule has 10 heteroatoms. The number of amides is 1. The predicted octanol–water partition coefficient (Wildman–Crippen LogP) is 3.12. The van der Waals surface area contributed by atoms with Crippen molar-refractivity contribution in [2.45, 2.75) is 17.7 Å². The zero-order valence-corrected chi connectivity index (χ0v) is 20.4. The molecule has 5 rings (SSSR count). The van der Waals surface area contributed by atoms with Gasteiger partial charge in [0.05, 0.1) is 42.1 Å². The summed E-state index contributed by atoms with van der Waals surface area (Å²) in [5, 5.41) is 3.79. The summed E-state index contributed by atoms with van der Waals surface area (Å²) < 4.78 is 38.5. The Hall–Kier alpha value is -3.21. The number of methoxy groups -OCH3 is 1. The van der Waals surface area contributed by atoms with Crippen molar-refractivity contribution in [2.24, 2.45) is 0 Å². The third kappa shape index (κ3) is 4.82. The van der Waals surface area contributed by atoms with Crippen LogP contribution in [-0.4, -0.2) is 70.1 Å². The highest BCUT2D eigenvalue weighted by atomic mass is 32.2. The first-order valence-electron chi connectivity index (χ1n) is 11.7. The number of hydrogen-bond acceptors (Lipinski definition) is 7. The molecule has 0 aliphatic carbocycles. The number of nitrogens with zero attached hydrogens (tertiary/aromatic N) is 3. The number of morpholine rings is 1. The Balaban J connectivity index is 1.47. The minimum absolute atomic E-state index is 0.149. The van der Waals surface area contributed by atoms with E-state index in [9.17, 15) is 13.2 Å². The van der Waals surface area contributed by atoms with Gasteiger partial charge in [-0.2, -0.15) is 4.31 Å². The molecule has 1 aromatic heterocycles. The Morgan fingerprint density at radius 2 is 1.77 bits per heavy atom. The van der Waals surface area contributed by atoms with E-state index in [4.69, 9.17) is 9.47 Å². The third-order valence-electron chi connectivity index (χ3n) is 6.40. The van der Waals surface area contributed by atoms with Gasteiger partial charge in [-0.15, -0.1) is 0 Å². The number of rotatable bonds is 6. The number of anilines is 2. The fraction of sp³-hybridized carbons (Fsp3) is 0.360. The van der Waals surface area contributed by atoms with E-state index < -0.39 is 15.9 Å². The number of carbonyl (C=O) groups excluding carboxylic acids is 1. The number of fused-ring (bicyclic) bond motifs is 1. The van der Waals surface area contributed by atoms with Crippen LogP contribution in [0.3, 0.4) is 0 Å². The first kappa shape index (κ1) is 23.5. The maximum Gasteiger partial charge on any atom is 0.274 e. The molecule has 0 radical (unpaired) electrons. The molecule has 0 bridgehead atoms. The number of nitrogens with one attached hydrogen (secondary N) is 1. The molecule has 0 saturated carbocycles. The van der Waals surface area contributed by atoms with Crippen LogP contribution < -0.4 is 15.0 Å². The average Bonchev–Trinajstić information content (AvgIpc) is 3.43. The summed E-state index contributed by atoms with van der Waals surface area (Å²) in [6.07, 6.45) is 2.10. The van der Waals surface area contributed by atoms with Gasteiger partial charge in [0.25, 0.3) is 5.91 Å². The molecule has 1 amide bonds. The van der Waals surface area contributed by atoms with Crippen molar-refractivity contribution in [3.05, 3.63) is 54.2 Å². The van der Waals surface area contributed by atoms with E-state index >= 15 is 0 Å². The van der Waals surface area contributed by atoms with Gasteiger partial charge in [-0.25, -0.2) is 13.4 Å². The molecule has 0 unspecified atom stereocenters. The topological polar surface area (TPSA) is 101 Å².